The van der Waals surface area contributed by atoms with E-state index in [1.165, 1.54) is 6.42 Å². The topological polar surface area (TPSA) is 65.0 Å². The summed E-state index contributed by atoms with van der Waals surface area (Å²) in [5, 5.41) is 13.7. The van der Waals surface area contributed by atoms with Crippen LogP contribution in [0.3, 0.4) is 0 Å². The molecule has 2 saturated heterocycles. The molecule has 2 amide bonds. The molecule has 3 fully saturated rings. The number of rotatable bonds is 3. The molecule has 0 bridgehead atoms. The van der Waals surface area contributed by atoms with Crippen molar-refractivity contribution in [3.05, 3.63) is 0 Å². The number of nitrogens with zero attached hydrogens (tertiary/aromatic N) is 2. The molecule has 6 heteroatoms. The van der Waals surface area contributed by atoms with E-state index in [4.69, 9.17) is 4.74 Å². The molecule has 0 aromatic heterocycles. The van der Waals surface area contributed by atoms with Crippen LogP contribution in [0.25, 0.3) is 0 Å². The van der Waals surface area contributed by atoms with Crippen molar-refractivity contribution < 1.29 is 14.6 Å². The summed E-state index contributed by atoms with van der Waals surface area (Å²) >= 11 is 0. The third kappa shape index (κ3) is 3.73. The summed E-state index contributed by atoms with van der Waals surface area (Å²) in [6.45, 7) is 6.45. The minimum atomic E-state index is -0.511. The van der Waals surface area contributed by atoms with Crippen LogP contribution in [-0.4, -0.2) is 79.0 Å². The Balaban J connectivity index is 1.41. The number of likely N-dealkylation sites (tertiary alicyclic amines) is 1. The lowest BCUT2D eigenvalue weighted by Gasteiger charge is -2.47. The number of ether oxygens (including phenoxy) is 1. The van der Waals surface area contributed by atoms with Crippen LogP contribution in [0.1, 0.15) is 32.1 Å². The monoisotopic (exact) mass is 311 g/mol. The molecule has 1 saturated carbocycles. The van der Waals surface area contributed by atoms with Gasteiger partial charge in [0.15, 0.2) is 0 Å². The average molecular weight is 311 g/mol. The van der Waals surface area contributed by atoms with Gasteiger partial charge in [-0.15, -0.1) is 0 Å². The zero-order chi connectivity index (χ0) is 15.4. The highest BCUT2D eigenvalue weighted by Crippen LogP contribution is 2.39. The van der Waals surface area contributed by atoms with Crippen LogP contribution in [0, 0.1) is 5.92 Å². The molecule has 126 valence electrons. The lowest BCUT2D eigenvalue weighted by atomic mass is 9.71. The van der Waals surface area contributed by atoms with E-state index < -0.39 is 5.60 Å². The van der Waals surface area contributed by atoms with Crippen molar-refractivity contribution in [2.75, 3.05) is 52.5 Å². The standard InChI is InChI=1S/C16H29N3O3/c20-15(17-6-8-18-9-11-22-12-10-18)19-7-5-16(21)4-2-1-3-14(16)13-19/h14,21H,1-13H2,(H,17,20)/t14-,16-/m1/s1. The number of nitrogens with one attached hydrogen (secondary N) is 1. The van der Waals surface area contributed by atoms with Crippen LogP contribution < -0.4 is 5.32 Å². The molecule has 2 aliphatic heterocycles. The summed E-state index contributed by atoms with van der Waals surface area (Å²) in [6.07, 6.45) is 4.99. The van der Waals surface area contributed by atoms with Crippen LogP contribution >= 0.6 is 0 Å². The molecule has 0 radical (unpaired) electrons. The second-order valence-electron chi connectivity index (χ2n) is 6.93. The molecule has 22 heavy (non-hydrogen) atoms. The predicted octanol–water partition coefficient (Wildman–Crippen LogP) is 0.655. The smallest absolute Gasteiger partial charge is 0.317 e. The second kappa shape index (κ2) is 7.15. The van der Waals surface area contributed by atoms with Gasteiger partial charge in [0.1, 0.15) is 0 Å². The normalized spacial score (nSPS) is 33.3. The maximum absolute atomic E-state index is 12.3. The van der Waals surface area contributed by atoms with Gasteiger partial charge in [-0.3, -0.25) is 4.90 Å². The van der Waals surface area contributed by atoms with E-state index in [0.29, 0.717) is 19.6 Å². The number of fused-ring (bicyclic) bond motifs is 1. The summed E-state index contributed by atoms with van der Waals surface area (Å²) in [5.41, 5.74) is -0.511. The van der Waals surface area contributed by atoms with Gasteiger partial charge in [-0.2, -0.15) is 0 Å². The fraction of sp³-hybridized carbons (Fsp3) is 0.938. The maximum Gasteiger partial charge on any atom is 0.317 e. The van der Waals surface area contributed by atoms with Crippen molar-refractivity contribution in [2.45, 2.75) is 37.7 Å². The number of urea groups is 1. The van der Waals surface area contributed by atoms with E-state index in [-0.39, 0.29) is 11.9 Å². The van der Waals surface area contributed by atoms with Crippen molar-refractivity contribution in [2.24, 2.45) is 5.92 Å². The minimum absolute atomic E-state index is 0.0286. The van der Waals surface area contributed by atoms with Gasteiger partial charge in [0.25, 0.3) is 0 Å². The average Bonchev–Trinajstić information content (AvgIpc) is 2.55. The Morgan fingerprint density at radius 2 is 2.05 bits per heavy atom. The Morgan fingerprint density at radius 3 is 2.86 bits per heavy atom. The van der Waals surface area contributed by atoms with Gasteiger partial charge in [0, 0.05) is 45.2 Å². The van der Waals surface area contributed by atoms with Crippen molar-refractivity contribution in [3.63, 3.8) is 0 Å². The Bertz CT molecular complexity index is 387. The Kier molecular flexibility index (Phi) is 5.21. The Labute approximate surface area is 132 Å². The lowest BCUT2D eigenvalue weighted by molar-refractivity contribution is -0.0870. The molecule has 2 N–H and O–H groups in total. The molecule has 0 aromatic rings. The molecule has 2 atom stereocenters. The Hall–Kier alpha value is -0.850. The number of amides is 2. The third-order valence-corrected chi connectivity index (χ3v) is 5.52. The molecular weight excluding hydrogens is 282 g/mol. The molecule has 3 rings (SSSR count). The van der Waals surface area contributed by atoms with Crippen LogP contribution in [-0.2, 0) is 4.74 Å². The molecule has 6 nitrogen and oxygen atoms in total. The molecule has 0 spiro atoms. The van der Waals surface area contributed by atoms with E-state index in [1.54, 1.807) is 0 Å². The number of hydrogen-bond acceptors (Lipinski definition) is 4. The number of carbonyl (C=O) groups excluding carboxylic acids is 1. The van der Waals surface area contributed by atoms with Gasteiger partial charge in [0.05, 0.1) is 18.8 Å². The lowest BCUT2D eigenvalue weighted by Crippen LogP contribution is -2.56. The van der Waals surface area contributed by atoms with Gasteiger partial charge >= 0.3 is 6.03 Å². The van der Waals surface area contributed by atoms with Gasteiger partial charge in [-0.05, 0) is 19.3 Å². The first kappa shape index (κ1) is 16.0. The highest BCUT2D eigenvalue weighted by atomic mass is 16.5. The highest BCUT2D eigenvalue weighted by molar-refractivity contribution is 5.74. The van der Waals surface area contributed by atoms with Gasteiger partial charge < -0.3 is 20.1 Å². The number of piperidine rings is 1. The zero-order valence-electron chi connectivity index (χ0n) is 13.4. The van der Waals surface area contributed by atoms with Gasteiger partial charge in [-0.1, -0.05) is 12.8 Å². The van der Waals surface area contributed by atoms with Crippen molar-refractivity contribution in [1.29, 1.82) is 0 Å². The van der Waals surface area contributed by atoms with E-state index in [1.807, 2.05) is 4.90 Å². The van der Waals surface area contributed by atoms with Crippen molar-refractivity contribution in [3.8, 4) is 0 Å². The van der Waals surface area contributed by atoms with Crippen LogP contribution in [0.5, 0.6) is 0 Å². The molecule has 0 unspecified atom stereocenters. The van der Waals surface area contributed by atoms with Crippen LogP contribution in [0.15, 0.2) is 0 Å². The van der Waals surface area contributed by atoms with Crippen LogP contribution in [0.2, 0.25) is 0 Å². The SMILES string of the molecule is O=C(NCCN1CCOCC1)N1CC[C@]2(O)CCCC[C@@H]2C1. The first-order chi connectivity index (χ1) is 10.7. The van der Waals surface area contributed by atoms with E-state index >= 15 is 0 Å². The summed E-state index contributed by atoms with van der Waals surface area (Å²) in [6, 6.07) is 0.0286. The Morgan fingerprint density at radius 1 is 1.23 bits per heavy atom. The van der Waals surface area contributed by atoms with E-state index in [2.05, 4.69) is 10.2 Å². The highest BCUT2D eigenvalue weighted by Gasteiger charge is 2.43. The summed E-state index contributed by atoms with van der Waals surface area (Å²) in [7, 11) is 0. The number of carbonyl (C=O) groups is 1. The van der Waals surface area contributed by atoms with Crippen LogP contribution in [0.4, 0.5) is 4.79 Å². The predicted molar refractivity (Wildman–Crippen MR) is 83.8 cm³/mol. The number of aliphatic hydroxyl groups is 1. The van der Waals surface area contributed by atoms with E-state index in [0.717, 1.165) is 58.5 Å². The molecule has 0 aromatic carbocycles. The van der Waals surface area contributed by atoms with Gasteiger partial charge in [0.2, 0.25) is 0 Å². The summed E-state index contributed by atoms with van der Waals surface area (Å²) in [4.78, 5) is 16.5. The second-order valence-corrected chi connectivity index (χ2v) is 6.93. The maximum atomic E-state index is 12.3. The summed E-state index contributed by atoms with van der Waals surface area (Å²) in [5.74, 6) is 0.264. The molecule has 2 heterocycles. The third-order valence-electron chi connectivity index (χ3n) is 5.52. The van der Waals surface area contributed by atoms with Crippen molar-refractivity contribution in [1.82, 2.24) is 15.1 Å². The largest absolute Gasteiger partial charge is 0.389 e. The van der Waals surface area contributed by atoms with Gasteiger partial charge in [-0.25, -0.2) is 4.79 Å². The van der Waals surface area contributed by atoms with Crippen molar-refractivity contribution >= 4 is 6.03 Å². The molecule has 3 aliphatic rings. The summed E-state index contributed by atoms with van der Waals surface area (Å²) < 4.78 is 5.32. The zero-order valence-corrected chi connectivity index (χ0v) is 13.4. The first-order valence-corrected chi connectivity index (χ1v) is 8.73. The quantitative estimate of drug-likeness (QED) is 0.803. The van der Waals surface area contributed by atoms with E-state index in [9.17, 15) is 9.90 Å². The first-order valence-electron chi connectivity index (χ1n) is 8.73. The minimum Gasteiger partial charge on any atom is -0.389 e. The molecular formula is C16H29N3O3. The number of morpholine rings is 1. The fourth-order valence-electron chi connectivity index (χ4n) is 4.01. The number of hydrogen-bond donors (Lipinski definition) is 2. The fourth-order valence-corrected chi connectivity index (χ4v) is 4.01. The molecule has 1 aliphatic carbocycles.